The normalized spacial score (nSPS) is 15.7. The van der Waals surface area contributed by atoms with Gasteiger partial charge in [-0.25, -0.2) is 9.67 Å². The van der Waals surface area contributed by atoms with E-state index in [1.807, 2.05) is 42.5 Å². The lowest BCUT2D eigenvalue weighted by molar-refractivity contribution is 0.382. The summed E-state index contributed by atoms with van der Waals surface area (Å²) in [5.74, 6) is 2.68. The van der Waals surface area contributed by atoms with Gasteiger partial charge in [-0.1, -0.05) is 17.2 Å². The molecule has 0 spiro atoms. The van der Waals surface area contributed by atoms with Gasteiger partial charge < -0.3 is 14.2 Å². The highest BCUT2D eigenvalue weighted by atomic mass is 16.5. The summed E-state index contributed by atoms with van der Waals surface area (Å²) >= 11 is 0. The number of ether oxygens (including phenoxy) is 3. The summed E-state index contributed by atoms with van der Waals surface area (Å²) < 4.78 is 17.9. The lowest BCUT2D eigenvalue weighted by atomic mass is 9.95. The molecule has 138 valence electrons. The van der Waals surface area contributed by atoms with Gasteiger partial charge in [-0.3, -0.25) is 0 Å². The predicted molar refractivity (Wildman–Crippen MR) is 99.3 cm³/mol. The van der Waals surface area contributed by atoms with Crippen LogP contribution in [0.2, 0.25) is 0 Å². The molecule has 1 unspecified atom stereocenters. The Kier molecular flexibility index (Phi) is 4.45. The van der Waals surface area contributed by atoms with Crippen molar-refractivity contribution in [2.75, 3.05) is 21.3 Å². The fraction of sp³-hybridized carbons (Fsp3) is 0.263. The number of nitrogens with zero attached hydrogens (tertiary/aromatic N) is 5. The molecule has 0 saturated carbocycles. The van der Waals surface area contributed by atoms with Crippen molar-refractivity contribution in [3.8, 4) is 17.2 Å². The lowest BCUT2D eigenvalue weighted by Crippen LogP contribution is -2.22. The number of benzene rings is 2. The first-order chi connectivity index (χ1) is 13.2. The van der Waals surface area contributed by atoms with Gasteiger partial charge >= 0.3 is 0 Å². The maximum Gasteiger partial charge on any atom is 0.269 e. The van der Waals surface area contributed by atoms with Crippen LogP contribution in [-0.2, 0) is 0 Å². The fourth-order valence-electron chi connectivity index (χ4n) is 3.22. The third-order valence-electron chi connectivity index (χ3n) is 4.59. The largest absolute Gasteiger partial charge is 0.497 e. The van der Waals surface area contributed by atoms with Gasteiger partial charge in [0.05, 0.1) is 33.1 Å². The third kappa shape index (κ3) is 3.10. The van der Waals surface area contributed by atoms with E-state index in [0.717, 1.165) is 28.3 Å². The lowest BCUT2D eigenvalue weighted by Gasteiger charge is -2.24. The van der Waals surface area contributed by atoms with Crippen LogP contribution in [0, 0.1) is 0 Å². The van der Waals surface area contributed by atoms with Crippen molar-refractivity contribution in [1.82, 2.24) is 20.2 Å². The number of rotatable bonds is 5. The Morgan fingerprint density at radius 1 is 0.963 bits per heavy atom. The van der Waals surface area contributed by atoms with E-state index in [0.29, 0.717) is 18.1 Å². The SMILES string of the molecule is COc1cccc(C2=Nc3nnnn3C(c3ccc(OC)cc3OC)C2)c1. The molecule has 1 aliphatic rings. The fourth-order valence-corrected chi connectivity index (χ4v) is 3.22. The minimum atomic E-state index is -0.144. The van der Waals surface area contributed by atoms with Gasteiger partial charge in [0.2, 0.25) is 0 Å². The molecule has 4 rings (SSSR count). The Bertz CT molecular complexity index is 999. The zero-order chi connectivity index (χ0) is 18.8. The second-order valence-electron chi connectivity index (χ2n) is 6.04. The summed E-state index contributed by atoms with van der Waals surface area (Å²) in [6.45, 7) is 0. The van der Waals surface area contributed by atoms with E-state index in [1.165, 1.54) is 0 Å². The Hall–Kier alpha value is -3.42. The van der Waals surface area contributed by atoms with Crippen LogP contribution in [0.15, 0.2) is 47.5 Å². The summed E-state index contributed by atoms with van der Waals surface area (Å²) in [6.07, 6.45) is 0.619. The number of aromatic nitrogens is 4. The number of hydrogen-bond acceptors (Lipinski definition) is 7. The van der Waals surface area contributed by atoms with Gasteiger partial charge in [-0.15, -0.1) is 0 Å². The van der Waals surface area contributed by atoms with Crippen LogP contribution in [0.5, 0.6) is 17.2 Å². The molecule has 2 heterocycles. The van der Waals surface area contributed by atoms with Gasteiger partial charge in [0.25, 0.3) is 5.95 Å². The van der Waals surface area contributed by atoms with Crippen molar-refractivity contribution in [3.05, 3.63) is 53.6 Å². The molecular formula is C19H19N5O3. The first-order valence-corrected chi connectivity index (χ1v) is 8.45. The Balaban J connectivity index is 1.79. The first-order valence-electron chi connectivity index (χ1n) is 8.45. The van der Waals surface area contributed by atoms with Crippen molar-refractivity contribution in [1.29, 1.82) is 0 Å². The van der Waals surface area contributed by atoms with Gasteiger partial charge in [-0.2, -0.15) is 0 Å². The highest BCUT2D eigenvalue weighted by Crippen LogP contribution is 2.38. The average Bonchev–Trinajstić information content (AvgIpc) is 3.21. The van der Waals surface area contributed by atoms with Crippen molar-refractivity contribution in [3.63, 3.8) is 0 Å². The van der Waals surface area contributed by atoms with Crippen LogP contribution in [-0.4, -0.2) is 47.2 Å². The van der Waals surface area contributed by atoms with Crippen molar-refractivity contribution in [2.24, 2.45) is 4.99 Å². The molecule has 27 heavy (non-hydrogen) atoms. The predicted octanol–water partition coefficient (Wildman–Crippen LogP) is 2.81. The van der Waals surface area contributed by atoms with Gasteiger partial charge in [0.1, 0.15) is 17.2 Å². The molecule has 0 fully saturated rings. The minimum absolute atomic E-state index is 0.144. The van der Waals surface area contributed by atoms with Gasteiger partial charge in [0, 0.05) is 18.1 Å². The van der Waals surface area contributed by atoms with Crippen LogP contribution >= 0.6 is 0 Å². The Morgan fingerprint density at radius 2 is 1.78 bits per heavy atom. The van der Waals surface area contributed by atoms with E-state index in [4.69, 9.17) is 14.2 Å². The standard InChI is InChI=1S/C19H19N5O3/c1-25-13-6-4-5-12(9-13)16-11-17(24-19(20-16)21-22-23-24)15-8-7-14(26-2)10-18(15)27-3/h4-10,17H,11H2,1-3H3. The number of methoxy groups -OCH3 is 3. The summed E-state index contributed by atoms with van der Waals surface area (Å²) in [5, 5.41) is 12.0. The highest BCUT2D eigenvalue weighted by molar-refractivity contribution is 6.03. The van der Waals surface area contributed by atoms with Crippen LogP contribution < -0.4 is 14.2 Å². The van der Waals surface area contributed by atoms with Crippen LogP contribution in [0.1, 0.15) is 23.6 Å². The molecule has 0 aliphatic carbocycles. The van der Waals surface area contributed by atoms with E-state index in [-0.39, 0.29) is 6.04 Å². The molecule has 0 N–H and O–H groups in total. The molecule has 8 nitrogen and oxygen atoms in total. The van der Waals surface area contributed by atoms with Crippen molar-refractivity contribution < 1.29 is 14.2 Å². The molecule has 1 aromatic heterocycles. The van der Waals surface area contributed by atoms with Crippen LogP contribution in [0.3, 0.4) is 0 Å². The summed E-state index contributed by atoms with van der Waals surface area (Å²) in [7, 11) is 4.91. The summed E-state index contributed by atoms with van der Waals surface area (Å²) in [5.41, 5.74) is 2.82. The summed E-state index contributed by atoms with van der Waals surface area (Å²) in [6, 6.07) is 13.4. The molecule has 2 aromatic carbocycles. The van der Waals surface area contributed by atoms with Gasteiger partial charge in [0.15, 0.2) is 0 Å². The number of aliphatic imine (C=N–C) groups is 1. The van der Waals surface area contributed by atoms with Gasteiger partial charge in [-0.05, 0) is 40.3 Å². The Morgan fingerprint density at radius 3 is 2.56 bits per heavy atom. The van der Waals surface area contributed by atoms with E-state index in [2.05, 4.69) is 20.5 Å². The Labute approximate surface area is 156 Å². The maximum absolute atomic E-state index is 5.59. The van der Waals surface area contributed by atoms with Crippen molar-refractivity contribution >= 4 is 11.7 Å². The van der Waals surface area contributed by atoms with E-state index >= 15 is 0 Å². The second kappa shape index (κ2) is 7.06. The zero-order valence-electron chi connectivity index (χ0n) is 15.3. The van der Waals surface area contributed by atoms with Crippen molar-refractivity contribution in [2.45, 2.75) is 12.5 Å². The van der Waals surface area contributed by atoms with E-state index in [9.17, 15) is 0 Å². The average molecular weight is 365 g/mol. The molecule has 8 heteroatoms. The molecule has 0 bridgehead atoms. The zero-order valence-corrected chi connectivity index (χ0v) is 15.3. The molecule has 1 aliphatic heterocycles. The molecule has 0 amide bonds. The topological polar surface area (TPSA) is 83.7 Å². The number of tetrazole rings is 1. The van der Waals surface area contributed by atoms with E-state index in [1.54, 1.807) is 26.0 Å². The third-order valence-corrected chi connectivity index (χ3v) is 4.59. The first kappa shape index (κ1) is 17.0. The smallest absolute Gasteiger partial charge is 0.269 e. The molecule has 1 atom stereocenters. The second-order valence-corrected chi connectivity index (χ2v) is 6.04. The monoisotopic (exact) mass is 365 g/mol. The van der Waals surface area contributed by atoms with Crippen LogP contribution in [0.4, 0.5) is 5.95 Å². The summed E-state index contributed by atoms with van der Waals surface area (Å²) in [4.78, 5) is 4.64. The number of hydrogen-bond donors (Lipinski definition) is 0. The van der Waals surface area contributed by atoms with E-state index < -0.39 is 0 Å². The maximum atomic E-state index is 5.59. The molecule has 3 aromatic rings. The molecular weight excluding hydrogens is 346 g/mol. The minimum Gasteiger partial charge on any atom is -0.497 e. The highest BCUT2D eigenvalue weighted by Gasteiger charge is 2.29. The molecule has 0 saturated heterocycles. The molecule has 0 radical (unpaired) electrons. The van der Waals surface area contributed by atoms with Crippen LogP contribution in [0.25, 0.3) is 0 Å². The quantitative estimate of drug-likeness (QED) is 0.691. The number of fused-ring (bicyclic) bond motifs is 1.